The fourth-order valence-electron chi connectivity index (χ4n) is 3.58. The third-order valence-electron chi connectivity index (χ3n) is 5.62. The number of carbonyl (C=O) groups is 1. The molecule has 0 aromatic heterocycles. The normalized spacial score (nSPS) is 35.5. The highest BCUT2D eigenvalue weighted by atomic mass is 16.6. The zero-order valence-corrected chi connectivity index (χ0v) is 17.6. The summed E-state index contributed by atoms with van der Waals surface area (Å²) in [5.74, 6) is -0.318. The molecule has 8 atom stereocenters. The number of aliphatic hydroxyl groups is 3. The van der Waals surface area contributed by atoms with Gasteiger partial charge in [-0.15, -0.1) is 0 Å². The third kappa shape index (κ3) is 6.52. The summed E-state index contributed by atoms with van der Waals surface area (Å²) in [5.41, 5.74) is 0.736. The van der Waals surface area contributed by atoms with Gasteiger partial charge in [-0.2, -0.15) is 0 Å². The second-order valence-corrected chi connectivity index (χ2v) is 8.81. The van der Waals surface area contributed by atoms with Crippen molar-refractivity contribution < 1.29 is 34.3 Å². The highest BCUT2D eigenvalue weighted by Crippen LogP contribution is 2.38. The molecule has 7 heteroatoms. The number of aliphatic hydroxyl groups excluding tert-OH is 3. The Kier molecular flexibility index (Phi) is 8.45. The quantitative estimate of drug-likeness (QED) is 0.305. The maximum Gasteiger partial charge on any atom is 0.330 e. The molecule has 2 rings (SSSR count). The van der Waals surface area contributed by atoms with Gasteiger partial charge in [0.25, 0.3) is 0 Å². The van der Waals surface area contributed by atoms with Crippen molar-refractivity contribution in [3.8, 4) is 0 Å². The lowest BCUT2D eigenvalue weighted by molar-refractivity contribution is -0.165. The van der Waals surface area contributed by atoms with Crippen LogP contribution in [0.2, 0.25) is 0 Å². The first kappa shape index (κ1) is 23.3. The average Bonchev–Trinajstić information content (AvgIpc) is 3.38. The molecule has 7 nitrogen and oxygen atoms in total. The minimum absolute atomic E-state index is 0.0101. The van der Waals surface area contributed by atoms with E-state index in [0.717, 1.165) is 5.57 Å². The van der Waals surface area contributed by atoms with E-state index in [1.807, 2.05) is 20.8 Å². The van der Waals surface area contributed by atoms with Gasteiger partial charge in [0.2, 0.25) is 0 Å². The molecule has 162 valence electrons. The van der Waals surface area contributed by atoms with Crippen LogP contribution < -0.4 is 0 Å². The van der Waals surface area contributed by atoms with E-state index < -0.39 is 30.4 Å². The fourth-order valence-corrected chi connectivity index (χ4v) is 3.58. The molecule has 0 aromatic rings. The highest BCUT2D eigenvalue weighted by Gasteiger charge is 2.48. The molecule has 0 amide bonds. The zero-order chi connectivity index (χ0) is 21.0. The first-order chi connectivity index (χ1) is 13.1. The first-order valence-corrected chi connectivity index (χ1v) is 10.2. The zero-order valence-electron chi connectivity index (χ0n) is 17.6. The number of ether oxygens (including phenoxy) is 3. The second kappa shape index (κ2) is 10.2. The molecule has 0 radical (unpaired) electrons. The monoisotopic (exact) mass is 400 g/mol. The van der Waals surface area contributed by atoms with E-state index in [4.69, 9.17) is 14.2 Å². The van der Waals surface area contributed by atoms with E-state index in [2.05, 4.69) is 0 Å². The number of carbonyl (C=O) groups excluding carboxylic acids is 1. The Hall–Kier alpha value is -0.990. The number of esters is 1. The maximum absolute atomic E-state index is 11.8. The Bertz CT molecular complexity index is 545. The molecule has 0 aliphatic carbocycles. The molecule has 2 saturated heterocycles. The van der Waals surface area contributed by atoms with Gasteiger partial charge in [0.15, 0.2) is 0 Å². The molecule has 3 N–H and O–H groups in total. The van der Waals surface area contributed by atoms with Crippen LogP contribution in [0, 0.1) is 17.8 Å². The summed E-state index contributed by atoms with van der Waals surface area (Å²) in [4.78, 5) is 11.8. The van der Waals surface area contributed by atoms with E-state index in [1.54, 1.807) is 13.8 Å². The van der Waals surface area contributed by atoms with Crippen molar-refractivity contribution in [2.45, 2.75) is 84.1 Å². The van der Waals surface area contributed by atoms with Gasteiger partial charge in [-0.05, 0) is 32.6 Å². The van der Waals surface area contributed by atoms with E-state index >= 15 is 0 Å². The molecule has 28 heavy (non-hydrogen) atoms. The maximum atomic E-state index is 11.8. The summed E-state index contributed by atoms with van der Waals surface area (Å²) >= 11 is 0. The van der Waals surface area contributed by atoms with Crippen LogP contribution in [0.4, 0.5) is 0 Å². The molecule has 2 aliphatic rings. The fraction of sp³-hybridized carbons (Fsp3) is 0.857. The predicted molar refractivity (Wildman–Crippen MR) is 104 cm³/mol. The van der Waals surface area contributed by atoms with Crippen LogP contribution in [0.3, 0.4) is 0 Å². The summed E-state index contributed by atoms with van der Waals surface area (Å²) < 4.78 is 16.5. The van der Waals surface area contributed by atoms with Gasteiger partial charge < -0.3 is 29.5 Å². The average molecular weight is 401 g/mol. The summed E-state index contributed by atoms with van der Waals surface area (Å²) in [6.07, 6.45) is -0.625. The number of rotatable bonds is 9. The van der Waals surface area contributed by atoms with Gasteiger partial charge in [0, 0.05) is 17.9 Å². The third-order valence-corrected chi connectivity index (χ3v) is 5.62. The minimum atomic E-state index is -1.03. The van der Waals surface area contributed by atoms with E-state index in [9.17, 15) is 20.1 Å². The van der Waals surface area contributed by atoms with Gasteiger partial charge in [-0.1, -0.05) is 26.3 Å². The first-order valence-electron chi connectivity index (χ1n) is 10.2. The van der Waals surface area contributed by atoms with Gasteiger partial charge in [-0.3, -0.25) is 0 Å². The second-order valence-electron chi connectivity index (χ2n) is 8.81. The predicted octanol–water partition coefficient (Wildman–Crippen LogP) is 1.43. The van der Waals surface area contributed by atoms with Crippen molar-refractivity contribution >= 4 is 5.97 Å². The van der Waals surface area contributed by atoms with Gasteiger partial charge >= 0.3 is 5.97 Å². The minimum Gasteiger partial charge on any atom is -0.462 e. The number of epoxide rings is 1. The van der Waals surface area contributed by atoms with Crippen LogP contribution in [0.1, 0.15) is 47.5 Å². The SMILES string of the molecule is C/C(=C\C(=O)OCC(C)C)C[C@@H]1OC[C@H](C[C@@H]2O[C@H]2[C@@H](C)[C@H](C)O)[C@@H](O)[C@H]1O. The molecule has 0 unspecified atom stereocenters. The summed E-state index contributed by atoms with van der Waals surface area (Å²) in [6.45, 7) is 10.1. The molecular weight excluding hydrogens is 364 g/mol. The molecule has 2 fully saturated rings. The van der Waals surface area contributed by atoms with Crippen molar-refractivity contribution in [1.29, 1.82) is 0 Å². The highest BCUT2D eigenvalue weighted by molar-refractivity contribution is 5.82. The van der Waals surface area contributed by atoms with E-state index in [-0.39, 0.29) is 30.0 Å². The van der Waals surface area contributed by atoms with Crippen molar-refractivity contribution in [2.75, 3.05) is 13.2 Å². The van der Waals surface area contributed by atoms with Crippen LogP contribution in [-0.2, 0) is 19.0 Å². The van der Waals surface area contributed by atoms with Crippen LogP contribution in [0.5, 0.6) is 0 Å². The van der Waals surface area contributed by atoms with Gasteiger partial charge in [0.1, 0.15) is 6.10 Å². The number of hydrogen-bond donors (Lipinski definition) is 3. The molecule has 2 heterocycles. The smallest absolute Gasteiger partial charge is 0.330 e. The van der Waals surface area contributed by atoms with Gasteiger partial charge in [-0.25, -0.2) is 4.79 Å². The van der Waals surface area contributed by atoms with Crippen molar-refractivity contribution in [1.82, 2.24) is 0 Å². The van der Waals surface area contributed by atoms with Crippen LogP contribution in [-0.4, -0.2) is 71.1 Å². The Morgan fingerprint density at radius 1 is 1.18 bits per heavy atom. The van der Waals surface area contributed by atoms with Crippen molar-refractivity contribution in [2.24, 2.45) is 17.8 Å². The molecule has 0 bridgehead atoms. The van der Waals surface area contributed by atoms with Crippen LogP contribution in [0.15, 0.2) is 11.6 Å². The lowest BCUT2D eigenvalue weighted by Gasteiger charge is -2.38. The molecule has 0 saturated carbocycles. The molecule has 0 spiro atoms. The van der Waals surface area contributed by atoms with Crippen LogP contribution in [0.25, 0.3) is 0 Å². The Morgan fingerprint density at radius 2 is 1.86 bits per heavy atom. The van der Waals surface area contributed by atoms with Crippen molar-refractivity contribution in [3.05, 3.63) is 11.6 Å². The number of hydrogen-bond acceptors (Lipinski definition) is 7. The van der Waals surface area contributed by atoms with Gasteiger partial charge in [0.05, 0.1) is 43.7 Å². The summed E-state index contributed by atoms with van der Waals surface area (Å²) in [7, 11) is 0. The Balaban J connectivity index is 1.80. The van der Waals surface area contributed by atoms with E-state index in [0.29, 0.717) is 26.1 Å². The molecule has 2 aliphatic heterocycles. The topological polar surface area (TPSA) is 109 Å². The van der Waals surface area contributed by atoms with E-state index in [1.165, 1.54) is 6.08 Å². The largest absolute Gasteiger partial charge is 0.462 e. The Labute approximate surface area is 167 Å². The molecular formula is C21H36O7. The lowest BCUT2D eigenvalue weighted by Crippen LogP contribution is -2.50. The van der Waals surface area contributed by atoms with Crippen molar-refractivity contribution in [3.63, 3.8) is 0 Å². The molecule has 0 aromatic carbocycles. The Morgan fingerprint density at radius 3 is 2.46 bits per heavy atom. The summed E-state index contributed by atoms with van der Waals surface area (Å²) in [6, 6.07) is 0. The standard InChI is InChI=1S/C21H36O7/c1-11(2)9-27-18(23)7-12(3)6-16-20(25)19(24)15(10-26-16)8-17-21(28-17)13(4)14(5)22/h7,11,13-17,19-22,24-25H,6,8-10H2,1-5H3/b12-7+/t13-,14-,15-,16-,17-,19+,20-,21-/m0/s1. The summed E-state index contributed by atoms with van der Waals surface area (Å²) in [5, 5.41) is 30.6. The van der Waals surface area contributed by atoms with Crippen LogP contribution >= 0.6 is 0 Å². The lowest BCUT2D eigenvalue weighted by atomic mass is 9.85.